The van der Waals surface area contributed by atoms with Gasteiger partial charge in [-0.05, 0) is 0 Å². The predicted octanol–water partition coefficient (Wildman–Crippen LogP) is -1.25. The molecule has 4 nitrogen and oxygen atoms in total. The number of halogens is 1. The van der Waals surface area contributed by atoms with Crippen LogP contribution in [-0.2, 0) is 4.74 Å². The summed E-state index contributed by atoms with van der Waals surface area (Å²) in [4.78, 5) is 0. The maximum Gasteiger partial charge on any atom is 0.237 e. The van der Waals surface area contributed by atoms with Crippen LogP contribution in [0.1, 0.15) is 6.42 Å². The summed E-state index contributed by atoms with van der Waals surface area (Å²) >= 11 is 0. The lowest BCUT2D eigenvalue weighted by atomic mass is 10.0. The molecule has 0 aliphatic carbocycles. The fourth-order valence-electron chi connectivity index (χ4n) is 1.12. The molecule has 1 aliphatic heterocycles. The van der Waals surface area contributed by atoms with Crippen LogP contribution in [0, 0.1) is 0 Å². The Bertz CT molecular complexity index is 142. The Hall–Kier alpha value is -0.230. The molecule has 0 aromatic carbocycles. The molecule has 0 radical (unpaired) electrons. The van der Waals surface area contributed by atoms with Gasteiger partial charge in [0.15, 0.2) is 0 Å². The molecule has 1 heterocycles. The third-order valence-electron chi connectivity index (χ3n) is 1.72. The fraction of sp³-hybridized carbons (Fsp3) is 1.00. The minimum atomic E-state index is -2.48. The van der Waals surface area contributed by atoms with Crippen LogP contribution in [0.2, 0.25) is 0 Å². The molecular formula is C6H12FNO3. The standard InChI is InChI=1S/C6H12FNO3/c7-6(10)1-4(8)3-11-5(6)2-9/h4-5,9-10H,1-3,8H2/t4-,5-,6+/m1/s1. The van der Waals surface area contributed by atoms with Gasteiger partial charge in [-0.15, -0.1) is 0 Å². The third kappa shape index (κ3) is 1.87. The average Bonchev–Trinajstić information content (AvgIpc) is 1.85. The van der Waals surface area contributed by atoms with Gasteiger partial charge in [0.05, 0.1) is 13.2 Å². The first kappa shape index (κ1) is 8.86. The Labute approximate surface area is 63.8 Å². The zero-order valence-corrected chi connectivity index (χ0v) is 6.03. The molecule has 1 rings (SSSR count). The van der Waals surface area contributed by atoms with Gasteiger partial charge in [-0.3, -0.25) is 0 Å². The summed E-state index contributed by atoms with van der Waals surface area (Å²) in [6.45, 7) is -0.350. The van der Waals surface area contributed by atoms with Gasteiger partial charge in [0.2, 0.25) is 5.85 Å². The molecule has 11 heavy (non-hydrogen) atoms. The van der Waals surface area contributed by atoms with Crippen molar-refractivity contribution in [2.24, 2.45) is 5.73 Å². The van der Waals surface area contributed by atoms with Crippen molar-refractivity contribution < 1.29 is 19.3 Å². The smallest absolute Gasteiger partial charge is 0.237 e. The van der Waals surface area contributed by atoms with Gasteiger partial charge in [-0.2, -0.15) is 0 Å². The number of aliphatic hydroxyl groups excluding tert-OH is 1. The van der Waals surface area contributed by atoms with E-state index >= 15 is 0 Å². The second-order valence-corrected chi connectivity index (χ2v) is 2.79. The Morgan fingerprint density at radius 3 is 2.82 bits per heavy atom. The predicted molar refractivity (Wildman–Crippen MR) is 35.5 cm³/mol. The fourth-order valence-corrected chi connectivity index (χ4v) is 1.12. The number of rotatable bonds is 1. The van der Waals surface area contributed by atoms with Crippen molar-refractivity contribution >= 4 is 0 Å². The second-order valence-electron chi connectivity index (χ2n) is 2.79. The van der Waals surface area contributed by atoms with Gasteiger partial charge in [0.25, 0.3) is 0 Å². The molecule has 0 spiro atoms. The molecule has 66 valence electrons. The zero-order chi connectivity index (χ0) is 8.48. The highest BCUT2D eigenvalue weighted by Gasteiger charge is 2.42. The lowest BCUT2D eigenvalue weighted by Gasteiger charge is -2.35. The van der Waals surface area contributed by atoms with Crippen molar-refractivity contribution in [3.8, 4) is 0 Å². The molecule has 0 saturated carbocycles. The van der Waals surface area contributed by atoms with Crippen LogP contribution in [-0.4, -0.2) is 41.4 Å². The molecule has 0 aromatic rings. The van der Waals surface area contributed by atoms with Gasteiger partial charge in [0, 0.05) is 12.5 Å². The Morgan fingerprint density at radius 1 is 1.73 bits per heavy atom. The van der Waals surface area contributed by atoms with Gasteiger partial charge < -0.3 is 20.7 Å². The first-order valence-electron chi connectivity index (χ1n) is 3.45. The minimum absolute atomic E-state index is 0.178. The van der Waals surface area contributed by atoms with E-state index in [0.717, 1.165) is 0 Å². The van der Waals surface area contributed by atoms with E-state index < -0.39 is 24.6 Å². The van der Waals surface area contributed by atoms with Gasteiger partial charge in [-0.1, -0.05) is 0 Å². The molecule has 5 heteroatoms. The van der Waals surface area contributed by atoms with Crippen molar-refractivity contribution in [1.82, 2.24) is 0 Å². The van der Waals surface area contributed by atoms with Crippen LogP contribution in [0.4, 0.5) is 4.39 Å². The second kappa shape index (κ2) is 3.02. The van der Waals surface area contributed by atoms with Crippen molar-refractivity contribution in [3.63, 3.8) is 0 Å². The monoisotopic (exact) mass is 165 g/mol. The summed E-state index contributed by atoms with van der Waals surface area (Å²) in [7, 11) is 0. The summed E-state index contributed by atoms with van der Waals surface area (Å²) in [6, 6.07) is -0.493. The minimum Gasteiger partial charge on any atom is -0.393 e. The largest absolute Gasteiger partial charge is 0.393 e. The first-order valence-corrected chi connectivity index (χ1v) is 3.45. The molecule has 0 unspecified atom stereocenters. The van der Waals surface area contributed by atoms with E-state index in [-0.39, 0.29) is 13.0 Å². The summed E-state index contributed by atoms with van der Waals surface area (Å²) < 4.78 is 17.7. The number of nitrogens with two attached hydrogens (primary N) is 1. The molecule has 1 aliphatic rings. The number of aliphatic hydroxyl groups is 2. The van der Waals surface area contributed by atoms with E-state index in [4.69, 9.17) is 20.7 Å². The molecule has 0 amide bonds. The molecule has 0 bridgehead atoms. The molecule has 1 fully saturated rings. The van der Waals surface area contributed by atoms with Crippen LogP contribution in [0.5, 0.6) is 0 Å². The highest BCUT2D eigenvalue weighted by Crippen LogP contribution is 2.25. The van der Waals surface area contributed by atoms with Crippen molar-refractivity contribution in [3.05, 3.63) is 0 Å². The molecule has 4 N–H and O–H groups in total. The van der Waals surface area contributed by atoms with Crippen molar-refractivity contribution in [2.75, 3.05) is 13.2 Å². The van der Waals surface area contributed by atoms with Crippen LogP contribution < -0.4 is 5.73 Å². The van der Waals surface area contributed by atoms with E-state index in [0.29, 0.717) is 0 Å². The summed E-state index contributed by atoms with van der Waals surface area (Å²) in [5, 5.41) is 17.5. The normalized spacial score (nSPS) is 45.8. The number of ether oxygens (including phenoxy) is 1. The third-order valence-corrected chi connectivity index (χ3v) is 1.72. The van der Waals surface area contributed by atoms with Crippen LogP contribution in [0.15, 0.2) is 0 Å². The van der Waals surface area contributed by atoms with Crippen molar-refractivity contribution in [2.45, 2.75) is 24.4 Å². The Kier molecular flexibility index (Phi) is 2.43. The maximum atomic E-state index is 13.0. The number of alkyl halides is 1. The van der Waals surface area contributed by atoms with E-state index in [1.54, 1.807) is 0 Å². The molecular weight excluding hydrogens is 153 g/mol. The summed E-state index contributed by atoms with van der Waals surface area (Å²) in [6.07, 6.45) is -1.33. The number of hydrogen-bond donors (Lipinski definition) is 3. The summed E-state index contributed by atoms with van der Waals surface area (Å²) in [5.41, 5.74) is 5.32. The van der Waals surface area contributed by atoms with Gasteiger partial charge >= 0.3 is 0 Å². The number of hydrogen-bond acceptors (Lipinski definition) is 4. The summed E-state index contributed by atoms with van der Waals surface area (Å²) in [5.74, 6) is -2.48. The SMILES string of the molecule is N[C@H]1CO[C@H](CO)[C@](O)(F)C1. The Morgan fingerprint density at radius 2 is 2.36 bits per heavy atom. The quantitative estimate of drug-likeness (QED) is 0.454. The van der Waals surface area contributed by atoms with Gasteiger partial charge in [0.1, 0.15) is 6.10 Å². The van der Waals surface area contributed by atoms with E-state index in [9.17, 15) is 4.39 Å². The van der Waals surface area contributed by atoms with Crippen LogP contribution in [0.3, 0.4) is 0 Å². The Balaban J connectivity index is 2.56. The molecule has 3 atom stereocenters. The maximum absolute atomic E-state index is 13.0. The highest BCUT2D eigenvalue weighted by molar-refractivity contribution is 4.86. The van der Waals surface area contributed by atoms with Crippen molar-refractivity contribution in [1.29, 1.82) is 0 Å². The van der Waals surface area contributed by atoms with Crippen LogP contribution >= 0.6 is 0 Å². The average molecular weight is 165 g/mol. The van der Waals surface area contributed by atoms with Crippen LogP contribution in [0.25, 0.3) is 0 Å². The van der Waals surface area contributed by atoms with E-state index in [1.165, 1.54) is 0 Å². The van der Waals surface area contributed by atoms with E-state index in [1.807, 2.05) is 0 Å². The molecule has 1 saturated heterocycles. The molecule has 0 aromatic heterocycles. The highest BCUT2D eigenvalue weighted by atomic mass is 19.2. The van der Waals surface area contributed by atoms with E-state index in [2.05, 4.69) is 0 Å². The lowest BCUT2D eigenvalue weighted by Crippen LogP contribution is -2.53. The first-order chi connectivity index (χ1) is 5.06. The topological polar surface area (TPSA) is 75.7 Å². The zero-order valence-electron chi connectivity index (χ0n) is 6.03. The van der Waals surface area contributed by atoms with Gasteiger partial charge in [-0.25, -0.2) is 4.39 Å². The lowest BCUT2D eigenvalue weighted by molar-refractivity contribution is -0.231.